The van der Waals surface area contributed by atoms with Crippen LogP contribution in [0, 0.1) is 17.3 Å². The summed E-state index contributed by atoms with van der Waals surface area (Å²) >= 11 is 7.42. The Kier molecular flexibility index (Phi) is 4.24. The average Bonchev–Trinajstić information content (AvgIpc) is 3.02. The number of nitrogens with zero attached hydrogens (tertiary/aromatic N) is 3. The number of benzene rings is 1. The van der Waals surface area contributed by atoms with Crippen molar-refractivity contribution in [3.8, 4) is 0 Å². The SMILES string of the molecule is O=C(Nc1ncn(Cc2ccc(Br)cc2)n1)C12CC3CC(CC(Br)(C3)C1)C2. The lowest BCUT2D eigenvalue weighted by Gasteiger charge is -2.59. The maximum atomic E-state index is 13.2. The van der Waals surface area contributed by atoms with Gasteiger partial charge in [0.15, 0.2) is 0 Å². The number of alkyl halides is 1. The summed E-state index contributed by atoms with van der Waals surface area (Å²) in [7, 11) is 0. The van der Waals surface area contributed by atoms with Crippen LogP contribution in [0.4, 0.5) is 5.95 Å². The number of hydrogen-bond acceptors (Lipinski definition) is 3. The monoisotopic (exact) mass is 492 g/mol. The summed E-state index contributed by atoms with van der Waals surface area (Å²) in [6.07, 6.45) is 8.39. The molecule has 4 aliphatic carbocycles. The minimum absolute atomic E-state index is 0.113. The van der Waals surface area contributed by atoms with Gasteiger partial charge in [0.25, 0.3) is 0 Å². The fraction of sp³-hybridized carbons (Fsp3) is 0.550. The molecule has 1 amide bonds. The number of hydrogen-bond donors (Lipinski definition) is 1. The van der Waals surface area contributed by atoms with Crippen LogP contribution in [-0.4, -0.2) is 25.0 Å². The minimum Gasteiger partial charge on any atom is -0.293 e. The fourth-order valence-electron chi connectivity index (χ4n) is 5.86. The van der Waals surface area contributed by atoms with Crippen LogP contribution in [0.5, 0.6) is 0 Å². The molecule has 27 heavy (non-hydrogen) atoms. The van der Waals surface area contributed by atoms with Gasteiger partial charge in [0.2, 0.25) is 11.9 Å². The van der Waals surface area contributed by atoms with Crippen LogP contribution in [0.25, 0.3) is 0 Å². The van der Waals surface area contributed by atoms with Crippen molar-refractivity contribution in [2.24, 2.45) is 17.3 Å². The Morgan fingerprint density at radius 1 is 1.19 bits per heavy atom. The molecule has 5 nitrogen and oxygen atoms in total. The van der Waals surface area contributed by atoms with E-state index >= 15 is 0 Å². The standard InChI is InChI=1S/C20H22Br2N4O/c21-16-3-1-13(2-4-16)10-26-12-23-18(25-26)24-17(27)19-6-14-5-15(7-19)9-20(22,8-14)11-19/h1-4,12,14-15H,5-11H2,(H,24,25,27). The molecule has 1 aromatic heterocycles. The molecule has 2 unspecified atom stereocenters. The first-order valence-corrected chi connectivity index (χ1v) is 11.1. The van der Waals surface area contributed by atoms with E-state index < -0.39 is 0 Å². The van der Waals surface area contributed by atoms with E-state index in [1.165, 1.54) is 19.3 Å². The van der Waals surface area contributed by atoms with Crippen molar-refractivity contribution in [2.45, 2.75) is 49.4 Å². The average molecular weight is 494 g/mol. The van der Waals surface area contributed by atoms with Gasteiger partial charge >= 0.3 is 0 Å². The topological polar surface area (TPSA) is 59.8 Å². The highest BCUT2D eigenvalue weighted by molar-refractivity contribution is 9.10. The summed E-state index contributed by atoms with van der Waals surface area (Å²) in [5.41, 5.74) is 0.897. The molecule has 142 valence electrons. The Bertz CT molecular complexity index is 864. The Balaban J connectivity index is 1.29. The Hall–Kier alpha value is -1.21. The highest BCUT2D eigenvalue weighted by atomic mass is 79.9. The minimum atomic E-state index is -0.245. The van der Waals surface area contributed by atoms with Crippen LogP contribution in [0.2, 0.25) is 0 Å². The third-order valence-electron chi connectivity index (χ3n) is 6.49. The fourth-order valence-corrected chi connectivity index (χ4v) is 7.57. The van der Waals surface area contributed by atoms with Crippen molar-refractivity contribution in [1.29, 1.82) is 0 Å². The molecule has 0 saturated heterocycles. The molecule has 4 bridgehead atoms. The van der Waals surface area contributed by atoms with Gasteiger partial charge < -0.3 is 0 Å². The molecule has 0 radical (unpaired) electrons. The van der Waals surface area contributed by atoms with Gasteiger partial charge in [-0.3, -0.25) is 10.1 Å². The first-order valence-electron chi connectivity index (χ1n) is 9.56. The number of carbonyl (C=O) groups is 1. The van der Waals surface area contributed by atoms with Crippen LogP contribution in [-0.2, 0) is 11.3 Å². The van der Waals surface area contributed by atoms with Gasteiger partial charge in [-0.1, -0.05) is 44.0 Å². The van der Waals surface area contributed by atoms with Crippen LogP contribution < -0.4 is 5.32 Å². The van der Waals surface area contributed by atoms with E-state index in [-0.39, 0.29) is 15.6 Å². The number of nitrogens with one attached hydrogen (secondary N) is 1. The van der Waals surface area contributed by atoms with E-state index in [0.29, 0.717) is 24.3 Å². The smallest absolute Gasteiger partial charge is 0.248 e. The zero-order valence-electron chi connectivity index (χ0n) is 15.0. The summed E-state index contributed by atoms with van der Waals surface area (Å²) in [5, 5.41) is 7.48. The first-order chi connectivity index (χ1) is 12.9. The second-order valence-corrected chi connectivity index (χ2v) is 11.3. The van der Waals surface area contributed by atoms with Gasteiger partial charge in [-0.15, -0.1) is 5.10 Å². The summed E-state index contributed by atoms with van der Waals surface area (Å²) in [6.45, 7) is 0.635. The van der Waals surface area contributed by atoms with Crippen molar-refractivity contribution < 1.29 is 4.79 Å². The van der Waals surface area contributed by atoms with Crippen molar-refractivity contribution in [3.63, 3.8) is 0 Å². The Morgan fingerprint density at radius 3 is 2.56 bits per heavy atom. The zero-order valence-corrected chi connectivity index (χ0v) is 18.2. The third-order valence-corrected chi connectivity index (χ3v) is 7.95. The lowest BCUT2D eigenvalue weighted by Crippen LogP contribution is -2.57. The van der Waals surface area contributed by atoms with E-state index in [1.54, 1.807) is 11.0 Å². The van der Waals surface area contributed by atoms with Gasteiger partial charge in [-0.05, 0) is 68.1 Å². The van der Waals surface area contributed by atoms with Crippen molar-refractivity contribution in [3.05, 3.63) is 40.6 Å². The van der Waals surface area contributed by atoms with Crippen molar-refractivity contribution in [1.82, 2.24) is 14.8 Å². The normalized spacial score (nSPS) is 34.0. The molecule has 6 rings (SSSR count). The van der Waals surface area contributed by atoms with Crippen LogP contribution >= 0.6 is 31.9 Å². The second-order valence-electron chi connectivity index (χ2n) is 8.74. The van der Waals surface area contributed by atoms with Gasteiger partial charge in [0.05, 0.1) is 12.0 Å². The largest absolute Gasteiger partial charge is 0.293 e. The molecule has 1 aromatic carbocycles. The van der Waals surface area contributed by atoms with E-state index in [0.717, 1.165) is 29.3 Å². The van der Waals surface area contributed by atoms with Gasteiger partial charge in [0, 0.05) is 8.80 Å². The van der Waals surface area contributed by atoms with Crippen LogP contribution in [0.15, 0.2) is 35.1 Å². The van der Waals surface area contributed by atoms with Crippen molar-refractivity contribution in [2.75, 3.05) is 5.32 Å². The summed E-state index contributed by atoms with van der Waals surface area (Å²) in [4.78, 5) is 17.5. The number of aromatic nitrogens is 3. The number of amides is 1. The first kappa shape index (κ1) is 17.9. The highest BCUT2D eigenvalue weighted by Gasteiger charge is 2.59. The van der Waals surface area contributed by atoms with E-state index in [2.05, 4.69) is 59.4 Å². The molecule has 2 atom stereocenters. The number of halogens is 2. The number of anilines is 1. The summed E-state index contributed by atoms with van der Waals surface area (Å²) in [6, 6.07) is 8.13. The molecule has 1 N–H and O–H groups in total. The molecule has 4 fully saturated rings. The Morgan fingerprint density at radius 2 is 1.89 bits per heavy atom. The molecular weight excluding hydrogens is 472 g/mol. The molecule has 1 heterocycles. The third kappa shape index (κ3) is 3.37. The Labute approximate surface area is 175 Å². The summed E-state index contributed by atoms with van der Waals surface area (Å²) in [5.74, 6) is 1.89. The van der Waals surface area contributed by atoms with Gasteiger partial charge in [0.1, 0.15) is 6.33 Å². The molecule has 0 spiro atoms. The quantitative estimate of drug-likeness (QED) is 0.624. The predicted molar refractivity (Wildman–Crippen MR) is 111 cm³/mol. The molecule has 2 aromatic rings. The predicted octanol–water partition coefficient (Wildman–Crippen LogP) is 4.76. The van der Waals surface area contributed by atoms with Crippen molar-refractivity contribution >= 4 is 43.7 Å². The number of rotatable bonds is 4. The lowest BCUT2D eigenvalue weighted by atomic mass is 9.49. The van der Waals surface area contributed by atoms with E-state index in [1.807, 2.05) is 12.1 Å². The van der Waals surface area contributed by atoms with Crippen LogP contribution in [0.1, 0.15) is 44.1 Å². The second kappa shape index (κ2) is 6.41. The maximum Gasteiger partial charge on any atom is 0.248 e. The maximum absolute atomic E-state index is 13.2. The van der Waals surface area contributed by atoms with E-state index in [4.69, 9.17) is 0 Å². The molecule has 7 heteroatoms. The number of carbonyl (C=O) groups excluding carboxylic acids is 1. The van der Waals surface area contributed by atoms with E-state index in [9.17, 15) is 4.79 Å². The molecule has 0 aliphatic heterocycles. The molecule has 4 aliphatic rings. The molecular formula is C20H22Br2N4O. The molecule has 4 saturated carbocycles. The lowest BCUT2D eigenvalue weighted by molar-refractivity contribution is -0.138. The summed E-state index contributed by atoms with van der Waals surface area (Å²) < 4.78 is 2.99. The van der Waals surface area contributed by atoms with Gasteiger partial charge in [-0.2, -0.15) is 0 Å². The zero-order chi connectivity index (χ0) is 18.6. The highest BCUT2D eigenvalue weighted by Crippen LogP contribution is 2.64. The van der Waals surface area contributed by atoms with Gasteiger partial charge in [-0.25, -0.2) is 9.67 Å². The van der Waals surface area contributed by atoms with Crippen LogP contribution in [0.3, 0.4) is 0 Å².